The van der Waals surface area contributed by atoms with Gasteiger partial charge in [0.1, 0.15) is 0 Å². The lowest BCUT2D eigenvalue weighted by Crippen LogP contribution is -2.45. The third-order valence-corrected chi connectivity index (χ3v) is 5.39. The Morgan fingerprint density at radius 2 is 2.07 bits per heavy atom. The van der Waals surface area contributed by atoms with Gasteiger partial charge in [0.15, 0.2) is 6.19 Å². The smallest absolute Gasteiger partial charge is 0.228 e. The van der Waals surface area contributed by atoms with Gasteiger partial charge in [-0.3, -0.25) is 15.1 Å². The zero-order chi connectivity index (χ0) is 21.3. The van der Waals surface area contributed by atoms with Crippen LogP contribution in [0.3, 0.4) is 0 Å². The molecular formula is C21H24ClN7O. The number of carbonyl (C=O) groups excluding carboxylic acids is 1. The molecule has 1 aromatic carbocycles. The highest BCUT2D eigenvalue weighted by atomic mass is 35.5. The van der Waals surface area contributed by atoms with Crippen molar-refractivity contribution in [1.29, 1.82) is 10.5 Å². The molecule has 156 valence electrons. The van der Waals surface area contributed by atoms with Crippen LogP contribution in [-0.2, 0) is 4.79 Å². The largest absolute Gasteiger partial charge is 0.332 e. The molecule has 1 saturated heterocycles. The molecule has 2 heterocycles. The van der Waals surface area contributed by atoms with Gasteiger partial charge in [-0.2, -0.15) is 15.6 Å². The number of rotatable bonds is 7. The summed E-state index contributed by atoms with van der Waals surface area (Å²) in [7, 11) is 0. The van der Waals surface area contributed by atoms with E-state index in [2.05, 4.69) is 16.4 Å². The van der Waals surface area contributed by atoms with E-state index in [1.165, 1.54) is 0 Å². The Labute approximate surface area is 181 Å². The normalized spacial score (nSPS) is 18.9. The molecule has 1 N–H and O–H groups in total. The zero-order valence-corrected chi connectivity index (χ0v) is 17.5. The molecule has 1 unspecified atom stereocenters. The van der Waals surface area contributed by atoms with Crippen LogP contribution >= 0.6 is 11.6 Å². The minimum Gasteiger partial charge on any atom is -0.332 e. The van der Waals surface area contributed by atoms with Gasteiger partial charge in [-0.25, -0.2) is 5.01 Å². The highest BCUT2D eigenvalue weighted by Crippen LogP contribution is 2.24. The van der Waals surface area contributed by atoms with E-state index in [0.29, 0.717) is 43.5 Å². The van der Waals surface area contributed by atoms with Crippen LogP contribution in [0.25, 0.3) is 0 Å². The van der Waals surface area contributed by atoms with Gasteiger partial charge >= 0.3 is 0 Å². The molecule has 0 saturated carbocycles. The summed E-state index contributed by atoms with van der Waals surface area (Å²) in [6.45, 7) is 1.66. The number of carbonyl (C=O) groups is 1. The Balaban J connectivity index is 1.80. The molecule has 0 aromatic heterocycles. The first-order valence-electron chi connectivity index (χ1n) is 10.1. The summed E-state index contributed by atoms with van der Waals surface area (Å²) in [4.78, 5) is 18.8. The molecular weight excluding hydrogens is 402 g/mol. The van der Waals surface area contributed by atoms with Crippen LogP contribution in [0.2, 0.25) is 5.02 Å². The number of hydrogen-bond acceptors (Lipinski definition) is 5. The van der Waals surface area contributed by atoms with Crippen LogP contribution in [0.4, 0.5) is 0 Å². The van der Waals surface area contributed by atoms with E-state index in [4.69, 9.17) is 22.0 Å². The van der Waals surface area contributed by atoms with Gasteiger partial charge in [0.25, 0.3) is 0 Å². The maximum atomic E-state index is 12.4. The average Bonchev–Trinajstić information content (AvgIpc) is 3.36. The lowest BCUT2D eigenvalue weighted by atomic mass is 10.0. The Kier molecular flexibility index (Phi) is 7.64. The molecule has 1 amide bonds. The molecule has 0 aliphatic carbocycles. The van der Waals surface area contributed by atoms with Crippen LogP contribution in [0.5, 0.6) is 0 Å². The van der Waals surface area contributed by atoms with Gasteiger partial charge in [-0.05, 0) is 31.4 Å². The van der Waals surface area contributed by atoms with Crippen LogP contribution in [0, 0.1) is 22.8 Å². The van der Waals surface area contributed by atoms with E-state index in [1.807, 2.05) is 23.2 Å². The highest BCUT2D eigenvalue weighted by molar-refractivity contribution is 6.30. The predicted molar refractivity (Wildman–Crippen MR) is 115 cm³/mol. The molecule has 2 aliphatic heterocycles. The zero-order valence-electron chi connectivity index (χ0n) is 16.7. The van der Waals surface area contributed by atoms with Crippen molar-refractivity contribution in [2.24, 2.45) is 10.1 Å². The van der Waals surface area contributed by atoms with Crippen molar-refractivity contribution in [3.8, 4) is 12.3 Å². The Hall–Kier alpha value is -3.10. The summed E-state index contributed by atoms with van der Waals surface area (Å²) < 4.78 is 0. The van der Waals surface area contributed by atoms with Gasteiger partial charge in [-0.15, -0.1) is 0 Å². The van der Waals surface area contributed by atoms with Gasteiger partial charge in [-0.1, -0.05) is 30.2 Å². The van der Waals surface area contributed by atoms with Gasteiger partial charge in [0, 0.05) is 36.5 Å². The fourth-order valence-corrected chi connectivity index (χ4v) is 3.78. The van der Waals surface area contributed by atoms with Crippen molar-refractivity contribution in [2.75, 3.05) is 19.6 Å². The number of halogens is 1. The molecule has 1 aromatic rings. The minimum absolute atomic E-state index is 0.118. The Bertz CT molecular complexity index is 897. The number of amides is 1. The molecule has 1 atom stereocenters. The number of aliphatic imine (C=N–C) groups is 1. The number of nitriles is 2. The molecule has 1 fully saturated rings. The first-order valence-corrected chi connectivity index (χ1v) is 10.5. The quantitative estimate of drug-likeness (QED) is 0.237. The number of likely N-dealkylation sites (tertiary alicyclic amines) is 1. The van der Waals surface area contributed by atoms with E-state index in [0.717, 1.165) is 37.0 Å². The van der Waals surface area contributed by atoms with Crippen LogP contribution in [-0.4, -0.2) is 53.2 Å². The lowest BCUT2D eigenvalue weighted by Gasteiger charge is -2.25. The average molecular weight is 426 g/mol. The van der Waals surface area contributed by atoms with Crippen molar-refractivity contribution in [3.05, 3.63) is 34.9 Å². The number of hydrazone groups is 1. The van der Waals surface area contributed by atoms with E-state index >= 15 is 0 Å². The summed E-state index contributed by atoms with van der Waals surface area (Å²) in [6, 6.07) is 9.31. The second-order valence-electron chi connectivity index (χ2n) is 7.19. The van der Waals surface area contributed by atoms with Crippen molar-refractivity contribution in [2.45, 2.75) is 44.6 Å². The van der Waals surface area contributed by atoms with E-state index in [-0.39, 0.29) is 11.9 Å². The molecule has 0 radical (unpaired) electrons. The second kappa shape index (κ2) is 10.6. The molecule has 0 bridgehead atoms. The SMILES string of the molecule is N#CCCCCCN=C(NC#N)N1CC(N2CCCC2=O)C(c2ccc(Cl)cc2)=N1. The summed E-state index contributed by atoms with van der Waals surface area (Å²) in [5, 5.41) is 27.4. The van der Waals surface area contributed by atoms with Crippen molar-refractivity contribution in [1.82, 2.24) is 15.2 Å². The molecule has 3 rings (SSSR count). The van der Waals surface area contributed by atoms with E-state index in [1.54, 1.807) is 17.1 Å². The molecule has 9 heteroatoms. The second-order valence-corrected chi connectivity index (χ2v) is 7.63. The van der Waals surface area contributed by atoms with Crippen LogP contribution in [0.15, 0.2) is 34.4 Å². The fourth-order valence-electron chi connectivity index (χ4n) is 3.65. The topological polar surface area (TPSA) is 108 Å². The van der Waals surface area contributed by atoms with Crippen molar-refractivity contribution in [3.63, 3.8) is 0 Å². The first kappa shape index (κ1) is 21.6. The first-order chi connectivity index (χ1) is 14.6. The molecule has 0 spiro atoms. The number of hydrogen-bond donors (Lipinski definition) is 1. The summed E-state index contributed by atoms with van der Waals surface area (Å²) in [5.74, 6) is 0.492. The maximum Gasteiger partial charge on any atom is 0.228 e. The fraction of sp³-hybridized carbons (Fsp3) is 0.476. The van der Waals surface area contributed by atoms with Crippen LogP contribution in [0.1, 0.15) is 44.1 Å². The van der Waals surface area contributed by atoms with Gasteiger partial charge in [0.05, 0.1) is 24.4 Å². The molecule has 2 aliphatic rings. The number of unbranched alkanes of at least 4 members (excludes halogenated alkanes) is 3. The number of guanidine groups is 1. The minimum atomic E-state index is -0.206. The monoisotopic (exact) mass is 425 g/mol. The highest BCUT2D eigenvalue weighted by Gasteiger charge is 2.38. The van der Waals surface area contributed by atoms with Crippen molar-refractivity contribution < 1.29 is 4.79 Å². The summed E-state index contributed by atoms with van der Waals surface area (Å²) in [5.41, 5.74) is 1.66. The third kappa shape index (κ3) is 5.28. The van der Waals surface area contributed by atoms with Crippen LogP contribution < -0.4 is 5.32 Å². The molecule has 30 heavy (non-hydrogen) atoms. The standard InChI is InChI=1S/C21H24ClN7O/c22-17-9-7-16(8-10-17)20-18(28-13-5-6-19(28)30)14-29(27-20)21(26-15-24)25-12-4-2-1-3-11-23/h7-10,18H,1-6,12-14H2,(H,25,26). The third-order valence-electron chi connectivity index (χ3n) is 5.14. The Morgan fingerprint density at radius 1 is 1.27 bits per heavy atom. The summed E-state index contributed by atoms with van der Waals surface area (Å²) in [6.07, 6.45) is 6.43. The van der Waals surface area contributed by atoms with Crippen molar-refractivity contribution >= 4 is 29.2 Å². The number of nitrogens with one attached hydrogen (secondary N) is 1. The Morgan fingerprint density at radius 3 is 2.73 bits per heavy atom. The lowest BCUT2D eigenvalue weighted by molar-refractivity contribution is -0.128. The van der Waals surface area contributed by atoms with E-state index < -0.39 is 0 Å². The number of nitrogens with zero attached hydrogens (tertiary/aromatic N) is 6. The predicted octanol–water partition coefficient (Wildman–Crippen LogP) is 2.86. The van der Waals surface area contributed by atoms with Gasteiger partial charge < -0.3 is 4.90 Å². The van der Waals surface area contributed by atoms with E-state index in [9.17, 15) is 10.1 Å². The maximum absolute atomic E-state index is 12.4. The number of benzene rings is 1. The summed E-state index contributed by atoms with van der Waals surface area (Å²) >= 11 is 6.03. The van der Waals surface area contributed by atoms with Gasteiger partial charge in [0.2, 0.25) is 11.9 Å². The molecule has 8 nitrogen and oxygen atoms in total.